The summed E-state index contributed by atoms with van der Waals surface area (Å²) in [7, 11) is -3.88. The molecule has 2 aromatic carbocycles. The molecule has 5 nitrogen and oxygen atoms in total. The van der Waals surface area contributed by atoms with Crippen LogP contribution in [0.1, 0.15) is 0 Å². The second kappa shape index (κ2) is 5.61. The maximum absolute atomic E-state index is 12.9. The Kier molecular flexibility index (Phi) is 3.64. The minimum Gasteiger partial charge on any atom is -0.337 e. The topological polar surface area (TPSA) is 72.2 Å². The third-order valence-electron chi connectivity index (χ3n) is 3.01. The third kappa shape index (κ3) is 2.84. The Morgan fingerprint density at radius 3 is 2.36 bits per heavy atom. The van der Waals surface area contributed by atoms with Gasteiger partial charge in [-0.2, -0.15) is 0 Å². The van der Waals surface area contributed by atoms with E-state index in [1.807, 2.05) is 30.3 Å². The fraction of sp³-hybridized carbons (Fsp3) is 0. The van der Waals surface area contributed by atoms with E-state index >= 15 is 0 Å². The summed E-state index contributed by atoms with van der Waals surface area (Å²) in [5.74, 6) is -0.501. The lowest BCUT2D eigenvalue weighted by molar-refractivity contribution is 0.435. The van der Waals surface area contributed by atoms with Crippen LogP contribution in [-0.4, -0.2) is 13.6 Å². The maximum Gasteiger partial charge on any atom is 0.264 e. The van der Waals surface area contributed by atoms with Gasteiger partial charge in [-0.3, -0.25) is 0 Å². The van der Waals surface area contributed by atoms with Crippen molar-refractivity contribution in [3.8, 4) is 11.1 Å². The van der Waals surface area contributed by atoms with Crippen LogP contribution in [0, 0.1) is 5.82 Å². The summed E-state index contributed by atoms with van der Waals surface area (Å²) in [5.41, 5.74) is 1.28. The highest BCUT2D eigenvalue weighted by molar-refractivity contribution is 7.92. The number of hydrogen-bond acceptors (Lipinski definition) is 4. The van der Waals surface area contributed by atoms with Gasteiger partial charge in [-0.05, 0) is 29.8 Å². The van der Waals surface area contributed by atoms with Gasteiger partial charge in [0.05, 0.1) is 16.7 Å². The molecule has 3 aromatic rings. The average molecular weight is 318 g/mol. The first-order chi connectivity index (χ1) is 10.6. The van der Waals surface area contributed by atoms with Gasteiger partial charge in [0.2, 0.25) is 5.88 Å². The normalized spacial score (nSPS) is 11.3. The van der Waals surface area contributed by atoms with Crippen LogP contribution in [0.15, 0.2) is 70.2 Å². The molecular formula is C15H11FN2O3S. The van der Waals surface area contributed by atoms with E-state index in [1.165, 1.54) is 18.3 Å². The average Bonchev–Trinajstić information content (AvgIpc) is 2.96. The van der Waals surface area contributed by atoms with Gasteiger partial charge in [-0.15, -0.1) is 0 Å². The Morgan fingerprint density at radius 2 is 1.68 bits per heavy atom. The van der Waals surface area contributed by atoms with Gasteiger partial charge in [-0.1, -0.05) is 35.5 Å². The van der Waals surface area contributed by atoms with Crippen LogP contribution in [0.4, 0.5) is 10.3 Å². The third-order valence-corrected chi connectivity index (χ3v) is 4.35. The smallest absolute Gasteiger partial charge is 0.264 e. The standard InChI is InChI=1S/C15H11FN2O3S/c16-12-6-8-13(9-7-12)22(19,20)18-15-14(10-17-21-15)11-4-2-1-3-5-11/h1-10,18H. The molecule has 0 saturated carbocycles. The van der Waals surface area contributed by atoms with E-state index in [9.17, 15) is 12.8 Å². The highest BCUT2D eigenvalue weighted by atomic mass is 32.2. The van der Waals surface area contributed by atoms with Crippen LogP contribution in [0.2, 0.25) is 0 Å². The molecule has 0 aliphatic heterocycles. The van der Waals surface area contributed by atoms with Crippen molar-refractivity contribution in [2.75, 3.05) is 4.72 Å². The van der Waals surface area contributed by atoms with E-state index in [2.05, 4.69) is 9.88 Å². The Bertz CT molecular complexity index is 875. The molecule has 0 aliphatic carbocycles. The van der Waals surface area contributed by atoms with Gasteiger partial charge in [0.1, 0.15) is 5.82 Å². The molecule has 0 radical (unpaired) electrons. The summed E-state index contributed by atoms with van der Waals surface area (Å²) in [6.07, 6.45) is 1.43. The van der Waals surface area contributed by atoms with E-state index < -0.39 is 15.8 Å². The van der Waals surface area contributed by atoms with Gasteiger partial charge in [0.15, 0.2) is 0 Å². The largest absolute Gasteiger partial charge is 0.337 e. The van der Waals surface area contributed by atoms with Crippen molar-refractivity contribution in [3.63, 3.8) is 0 Å². The van der Waals surface area contributed by atoms with Gasteiger partial charge in [0, 0.05) is 0 Å². The van der Waals surface area contributed by atoms with Crippen LogP contribution in [0.3, 0.4) is 0 Å². The number of aromatic nitrogens is 1. The summed E-state index contributed by atoms with van der Waals surface area (Å²) in [6, 6.07) is 13.6. The highest BCUT2D eigenvalue weighted by Gasteiger charge is 2.19. The molecule has 112 valence electrons. The molecule has 0 amide bonds. The minimum atomic E-state index is -3.88. The summed E-state index contributed by atoms with van der Waals surface area (Å²) in [5, 5.41) is 3.63. The fourth-order valence-corrected chi connectivity index (χ4v) is 2.93. The predicted molar refractivity (Wildman–Crippen MR) is 79.1 cm³/mol. The second-order valence-corrected chi connectivity index (χ2v) is 6.18. The summed E-state index contributed by atoms with van der Waals surface area (Å²) < 4.78 is 44.7. The zero-order valence-electron chi connectivity index (χ0n) is 11.2. The molecule has 3 rings (SSSR count). The maximum atomic E-state index is 12.9. The van der Waals surface area contributed by atoms with E-state index in [0.717, 1.165) is 17.7 Å². The first kappa shape index (κ1) is 14.3. The van der Waals surface area contributed by atoms with Crippen molar-refractivity contribution >= 4 is 15.9 Å². The van der Waals surface area contributed by atoms with E-state index in [-0.39, 0.29) is 10.8 Å². The zero-order valence-corrected chi connectivity index (χ0v) is 12.0. The van der Waals surface area contributed by atoms with Crippen LogP contribution in [0.5, 0.6) is 0 Å². The van der Waals surface area contributed by atoms with Crippen molar-refractivity contribution in [3.05, 3.63) is 66.6 Å². The Morgan fingerprint density at radius 1 is 1.00 bits per heavy atom. The quantitative estimate of drug-likeness (QED) is 0.801. The number of sulfonamides is 1. The Hall–Kier alpha value is -2.67. The number of anilines is 1. The molecule has 0 aliphatic rings. The molecule has 0 spiro atoms. The van der Waals surface area contributed by atoms with Crippen molar-refractivity contribution in [2.45, 2.75) is 4.90 Å². The van der Waals surface area contributed by atoms with Crippen LogP contribution >= 0.6 is 0 Å². The molecule has 0 bridgehead atoms. The fourth-order valence-electron chi connectivity index (χ4n) is 1.93. The lowest BCUT2D eigenvalue weighted by atomic mass is 10.1. The number of nitrogens with one attached hydrogen (secondary N) is 1. The number of rotatable bonds is 4. The van der Waals surface area contributed by atoms with Crippen LogP contribution in [-0.2, 0) is 10.0 Å². The molecular weight excluding hydrogens is 307 g/mol. The molecule has 1 N–H and O–H groups in total. The molecule has 0 unspecified atom stereocenters. The Labute approximate surface area is 126 Å². The number of halogens is 1. The second-order valence-electron chi connectivity index (χ2n) is 4.49. The summed E-state index contributed by atoms with van der Waals surface area (Å²) in [4.78, 5) is -0.0655. The number of hydrogen-bond donors (Lipinski definition) is 1. The van der Waals surface area contributed by atoms with E-state index in [4.69, 9.17) is 4.52 Å². The minimum absolute atomic E-state index is 0.00975. The number of benzene rings is 2. The summed E-state index contributed by atoms with van der Waals surface area (Å²) >= 11 is 0. The van der Waals surface area contributed by atoms with Crippen molar-refractivity contribution in [2.24, 2.45) is 0 Å². The van der Waals surface area contributed by atoms with Crippen molar-refractivity contribution in [1.82, 2.24) is 5.16 Å². The van der Waals surface area contributed by atoms with Gasteiger partial charge >= 0.3 is 0 Å². The summed E-state index contributed by atoms with van der Waals surface area (Å²) in [6.45, 7) is 0. The molecule has 0 atom stereocenters. The molecule has 1 aromatic heterocycles. The molecule has 22 heavy (non-hydrogen) atoms. The van der Waals surface area contributed by atoms with E-state index in [1.54, 1.807) is 0 Å². The molecule has 0 saturated heterocycles. The van der Waals surface area contributed by atoms with Crippen LogP contribution < -0.4 is 4.72 Å². The first-order valence-corrected chi connectivity index (χ1v) is 7.83. The SMILES string of the molecule is O=S(=O)(Nc1oncc1-c1ccccc1)c1ccc(F)cc1. The molecule has 0 fully saturated rings. The van der Waals surface area contributed by atoms with Gasteiger partial charge in [0.25, 0.3) is 10.0 Å². The van der Waals surface area contributed by atoms with Crippen molar-refractivity contribution < 1.29 is 17.3 Å². The van der Waals surface area contributed by atoms with Crippen molar-refractivity contribution in [1.29, 1.82) is 0 Å². The Balaban J connectivity index is 1.94. The predicted octanol–water partition coefficient (Wildman–Crippen LogP) is 3.28. The highest BCUT2D eigenvalue weighted by Crippen LogP contribution is 2.29. The van der Waals surface area contributed by atoms with Gasteiger partial charge < -0.3 is 4.52 Å². The van der Waals surface area contributed by atoms with Crippen LogP contribution in [0.25, 0.3) is 11.1 Å². The molecule has 7 heteroatoms. The zero-order chi connectivity index (χ0) is 15.6. The monoisotopic (exact) mass is 318 g/mol. The number of nitrogens with zero attached hydrogens (tertiary/aromatic N) is 1. The lowest BCUT2D eigenvalue weighted by Gasteiger charge is -2.06. The first-order valence-electron chi connectivity index (χ1n) is 6.35. The van der Waals surface area contributed by atoms with E-state index in [0.29, 0.717) is 5.56 Å². The van der Waals surface area contributed by atoms with Gasteiger partial charge in [-0.25, -0.2) is 17.5 Å². The lowest BCUT2D eigenvalue weighted by Crippen LogP contribution is -2.13. The molecule has 1 heterocycles.